The van der Waals surface area contributed by atoms with Crippen molar-refractivity contribution in [3.8, 4) is 0 Å². The van der Waals surface area contributed by atoms with Crippen molar-refractivity contribution in [2.24, 2.45) is 0 Å². The third-order valence-electron chi connectivity index (χ3n) is 3.36. The van der Waals surface area contributed by atoms with E-state index in [2.05, 4.69) is 15.5 Å². The summed E-state index contributed by atoms with van der Waals surface area (Å²) in [6.07, 6.45) is 2.33. The van der Waals surface area contributed by atoms with Gasteiger partial charge in [0.25, 0.3) is 0 Å². The molecule has 0 fully saturated rings. The number of hydrogen-bond donors (Lipinski definition) is 2. The average Bonchev–Trinajstić information content (AvgIpc) is 2.85. The van der Waals surface area contributed by atoms with Gasteiger partial charge < -0.3 is 10.4 Å². The van der Waals surface area contributed by atoms with Crippen molar-refractivity contribution in [1.82, 2.24) is 14.6 Å². The van der Waals surface area contributed by atoms with Gasteiger partial charge in [0.2, 0.25) is 5.95 Å². The first-order valence-electron chi connectivity index (χ1n) is 6.49. The summed E-state index contributed by atoms with van der Waals surface area (Å²) in [5, 5.41) is 20.0. The Balaban J connectivity index is 2.07. The standard InChI is InChI=1S/C15H12N4O3/c1-9-11(8-20)6-13-7-16-18-15(19(9)13)17-12-4-2-3-10(5-12)14(21)22/h2-8H,1H3,(H,17,18)(H,21,22). The number of carboxylic acid groups (broad SMARTS) is 1. The van der Waals surface area contributed by atoms with Crippen LogP contribution in [0.1, 0.15) is 26.4 Å². The average molecular weight is 296 g/mol. The molecule has 7 nitrogen and oxygen atoms in total. The van der Waals surface area contributed by atoms with Crippen LogP contribution in [0.2, 0.25) is 0 Å². The van der Waals surface area contributed by atoms with Crippen LogP contribution in [-0.2, 0) is 0 Å². The Hall–Kier alpha value is -3.22. The Morgan fingerprint density at radius 3 is 2.91 bits per heavy atom. The number of nitrogens with one attached hydrogen (secondary N) is 1. The van der Waals surface area contributed by atoms with Gasteiger partial charge >= 0.3 is 5.97 Å². The van der Waals surface area contributed by atoms with Gasteiger partial charge in [0, 0.05) is 16.9 Å². The van der Waals surface area contributed by atoms with Crippen LogP contribution in [0, 0.1) is 6.92 Å². The highest BCUT2D eigenvalue weighted by atomic mass is 16.4. The number of aldehydes is 1. The van der Waals surface area contributed by atoms with Crippen LogP contribution in [0.5, 0.6) is 0 Å². The van der Waals surface area contributed by atoms with E-state index in [1.807, 2.05) is 0 Å². The molecule has 0 saturated heterocycles. The third-order valence-corrected chi connectivity index (χ3v) is 3.36. The van der Waals surface area contributed by atoms with E-state index < -0.39 is 5.97 Å². The molecule has 0 spiro atoms. The Morgan fingerprint density at radius 1 is 1.36 bits per heavy atom. The molecule has 0 radical (unpaired) electrons. The highest BCUT2D eigenvalue weighted by Gasteiger charge is 2.11. The number of carbonyl (C=O) groups is 2. The fourth-order valence-electron chi connectivity index (χ4n) is 2.27. The second-order valence-electron chi connectivity index (χ2n) is 4.74. The van der Waals surface area contributed by atoms with E-state index in [0.717, 1.165) is 17.5 Å². The Bertz CT molecular complexity index is 886. The first kappa shape index (κ1) is 13.7. The van der Waals surface area contributed by atoms with E-state index in [9.17, 15) is 9.59 Å². The number of aryl methyl sites for hydroxylation is 1. The van der Waals surface area contributed by atoms with E-state index in [0.29, 0.717) is 17.2 Å². The van der Waals surface area contributed by atoms with Crippen molar-refractivity contribution in [1.29, 1.82) is 0 Å². The minimum atomic E-state index is -1.01. The topological polar surface area (TPSA) is 96.6 Å². The number of nitrogens with zero attached hydrogens (tertiary/aromatic N) is 3. The maximum absolute atomic E-state index is 11.0. The Labute approximate surface area is 125 Å². The summed E-state index contributed by atoms with van der Waals surface area (Å²) in [6.45, 7) is 1.80. The van der Waals surface area contributed by atoms with Crippen LogP contribution in [0.4, 0.5) is 11.6 Å². The molecule has 2 heterocycles. The van der Waals surface area contributed by atoms with Gasteiger partial charge in [0.15, 0.2) is 6.29 Å². The van der Waals surface area contributed by atoms with E-state index >= 15 is 0 Å². The second kappa shape index (κ2) is 5.28. The third kappa shape index (κ3) is 2.28. The lowest BCUT2D eigenvalue weighted by Crippen LogP contribution is -2.05. The summed E-state index contributed by atoms with van der Waals surface area (Å²) in [6, 6.07) is 8.09. The molecule has 3 aromatic rings. The number of aromatic nitrogens is 3. The van der Waals surface area contributed by atoms with Crippen LogP contribution >= 0.6 is 0 Å². The molecule has 7 heteroatoms. The quantitative estimate of drug-likeness (QED) is 0.717. The van der Waals surface area contributed by atoms with Crippen molar-refractivity contribution < 1.29 is 14.7 Å². The van der Waals surface area contributed by atoms with Crippen LogP contribution in [0.3, 0.4) is 0 Å². The van der Waals surface area contributed by atoms with Crippen LogP contribution in [-0.4, -0.2) is 32.0 Å². The fraction of sp³-hybridized carbons (Fsp3) is 0.0667. The number of carboxylic acids is 1. The molecule has 0 atom stereocenters. The number of fused-ring (bicyclic) bond motifs is 1. The zero-order valence-electron chi connectivity index (χ0n) is 11.6. The van der Waals surface area contributed by atoms with E-state index in [1.54, 1.807) is 35.7 Å². The van der Waals surface area contributed by atoms with Gasteiger partial charge in [0.05, 0.1) is 17.3 Å². The lowest BCUT2D eigenvalue weighted by atomic mass is 10.2. The molecule has 0 saturated carbocycles. The number of hydrogen-bond acceptors (Lipinski definition) is 5. The molecule has 110 valence electrons. The molecule has 22 heavy (non-hydrogen) atoms. The molecule has 0 amide bonds. The number of aromatic carboxylic acids is 1. The molecular formula is C15H12N4O3. The lowest BCUT2D eigenvalue weighted by molar-refractivity contribution is 0.0696. The molecule has 2 aromatic heterocycles. The normalized spacial score (nSPS) is 10.6. The van der Waals surface area contributed by atoms with Crippen molar-refractivity contribution in [2.45, 2.75) is 6.92 Å². The fourth-order valence-corrected chi connectivity index (χ4v) is 2.27. The van der Waals surface area contributed by atoms with Crippen LogP contribution < -0.4 is 5.32 Å². The highest BCUT2D eigenvalue weighted by molar-refractivity contribution is 5.89. The minimum absolute atomic E-state index is 0.169. The first-order valence-corrected chi connectivity index (χ1v) is 6.49. The molecule has 3 rings (SSSR count). The SMILES string of the molecule is Cc1c(C=O)cc2cnnc(Nc3cccc(C(=O)O)c3)n12. The van der Waals surface area contributed by atoms with E-state index in [-0.39, 0.29) is 5.56 Å². The number of rotatable bonds is 4. The van der Waals surface area contributed by atoms with Crippen molar-refractivity contribution in [2.75, 3.05) is 5.32 Å². The number of benzene rings is 1. The molecular weight excluding hydrogens is 284 g/mol. The molecule has 0 bridgehead atoms. The van der Waals surface area contributed by atoms with E-state index in [1.165, 1.54) is 12.1 Å². The first-order chi connectivity index (χ1) is 10.6. The van der Waals surface area contributed by atoms with Gasteiger partial charge in [0.1, 0.15) is 0 Å². The Kier molecular flexibility index (Phi) is 3.30. The predicted molar refractivity (Wildman–Crippen MR) is 79.8 cm³/mol. The largest absolute Gasteiger partial charge is 0.478 e. The van der Waals surface area contributed by atoms with Gasteiger partial charge in [-0.1, -0.05) is 6.07 Å². The maximum atomic E-state index is 11.0. The smallest absolute Gasteiger partial charge is 0.335 e. The van der Waals surface area contributed by atoms with Crippen LogP contribution in [0.15, 0.2) is 36.5 Å². The number of carbonyl (C=O) groups excluding carboxylic acids is 1. The van der Waals surface area contributed by atoms with Crippen molar-refractivity contribution >= 4 is 29.4 Å². The van der Waals surface area contributed by atoms with E-state index in [4.69, 9.17) is 5.11 Å². The summed E-state index contributed by atoms with van der Waals surface area (Å²) in [7, 11) is 0. The van der Waals surface area contributed by atoms with Crippen molar-refractivity contribution in [3.63, 3.8) is 0 Å². The summed E-state index contributed by atoms with van der Waals surface area (Å²) in [4.78, 5) is 22.1. The highest BCUT2D eigenvalue weighted by Crippen LogP contribution is 2.21. The zero-order chi connectivity index (χ0) is 15.7. The summed E-state index contributed by atoms with van der Waals surface area (Å²) >= 11 is 0. The van der Waals surface area contributed by atoms with Gasteiger partial charge in [-0.3, -0.25) is 9.20 Å². The second-order valence-corrected chi connectivity index (χ2v) is 4.74. The monoisotopic (exact) mass is 296 g/mol. The summed E-state index contributed by atoms with van der Waals surface area (Å²) in [5.41, 5.74) is 2.76. The molecule has 0 aliphatic heterocycles. The van der Waals surface area contributed by atoms with Gasteiger partial charge in [-0.15, -0.1) is 5.10 Å². The van der Waals surface area contributed by atoms with Crippen molar-refractivity contribution in [3.05, 3.63) is 53.3 Å². The molecule has 0 aliphatic carbocycles. The zero-order valence-corrected chi connectivity index (χ0v) is 11.6. The van der Waals surface area contributed by atoms with Gasteiger partial charge in [-0.2, -0.15) is 5.10 Å². The molecule has 1 aromatic carbocycles. The summed E-state index contributed by atoms with van der Waals surface area (Å²) < 4.78 is 1.75. The predicted octanol–water partition coefficient (Wildman–Crippen LogP) is 2.29. The lowest BCUT2D eigenvalue weighted by Gasteiger charge is -2.09. The van der Waals surface area contributed by atoms with Gasteiger partial charge in [-0.25, -0.2) is 4.79 Å². The minimum Gasteiger partial charge on any atom is -0.478 e. The van der Waals surface area contributed by atoms with Gasteiger partial charge in [-0.05, 0) is 31.2 Å². The summed E-state index contributed by atoms with van der Waals surface area (Å²) in [5.74, 6) is -0.598. The maximum Gasteiger partial charge on any atom is 0.335 e. The Morgan fingerprint density at radius 2 is 2.18 bits per heavy atom. The van der Waals surface area contributed by atoms with Crippen LogP contribution in [0.25, 0.3) is 5.52 Å². The molecule has 0 aliphatic rings. The number of anilines is 2. The molecule has 2 N–H and O–H groups in total. The molecule has 0 unspecified atom stereocenters.